The monoisotopic (exact) mass is 498 g/mol. The van der Waals surface area contributed by atoms with Crippen molar-refractivity contribution in [3.05, 3.63) is 56.5 Å². The predicted molar refractivity (Wildman–Crippen MR) is 136 cm³/mol. The van der Waals surface area contributed by atoms with E-state index in [-0.39, 0.29) is 12.0 Å². The Bertz CT molecular complexity index is 1200. The lowest BCUT2D eigenvalue weighted by Gasteiger charge is -2.22. The summed E-state index contributed by atoms with van der Waals surface area (Å²) >= 11 is 3.31. The molecule has 0 fully saturated rings. The predicted octanol–water partition coefficient (Wildman–Crippen LogP) is 4.97. The van der Waals surface area contributed by atoms with Crippen LogP contribution in [0.4, 0.5) is 9.80 Å². The van der Waals surface area contributed by atoms with Crippen LogP contribution in [0, 0.1) is 0 Å². The van der Waals surface area contributed by atoms with Gasteiger partial charge in [0.2, 0.25) is 0 Å². The molecule has 2 amide bonds. The summed E-state index contributed by atoms with van der Waals surface area (Å²) in [5.41, 5.74) is 4.12. The molecule has 0 saturated carbocycles. The SMILES string of the molecule is CCOC(=O)c1c(NC(=O)NCc2c(-n3cccc3)sc3c2CCN(C)C3)sc2c1CCCC2. The van der Waals surface area contributed by atoms with Gasteiger partial charge in [-0.05, 0) is 69.3 Å². The van der Waals surface area contributed by atoms with Gasteiger partial charge in [0, 0.05) is 47.3 Å². The first-order valence-electron chi connectivity index (χ1n) is 11.9. The average molecular weight is 499 g/mol. The number of thiophene rings is 2. The van der Waals surface area contributed by atoms with Gasteiger partial charge in [-0.15, -0.1) is 22.7 Å². The van der Waals surface area contributed by atoms with E-state index in [2.05, 4.69) is 27.1 Å². The Morgan fingerprint density at radius 2 is 1.85 bits per heavy atom. The Kier molecular flexibility index (Phi) is 6.76. The number of aryl methyl sites for hydroxylation is 1. The molecule has 0 unspecified atom stereocenters. The van der Waals surface area contributed by atoms with Gasteiger partial charge < -0.3 is 19.5 Å². The van der Waals surface area contributed by atoms with E-state index in [9.17, 15) is 9.59 Å². The van der Waals surface area contributed by atoms with Crippen molar-refractivity contribution >= 4 is 39.7 Å². The number of nitrogens with one attached hydrogen (secondary N) is 2. The van der Waals surface area contributed by atoms with Gasteiger partial charge in [0.1, 0.15) is 10.0 Å². The summed E-state index contributed by atoms with van der Waals surface area (Å²) < 4.78 is 7.44. The molecule has 9 heteroatoms. The fraction of sp³-hybridized carbons (Fsp3) is 0.440. The number of fused-ring (bicyclic) bond motifs is 2. The Balaban J connectivity index is 1.36. The van der Waals surface area contributed by atoms with Crippen LogP contribution in [0.2, 0.25) is 0 Å². The molecule has 0 radical (unpaired) electrons. The van der Waals surface area contributed by atoms with E-state index < -0.39 is 0 Å². The molecule has 0 spiro atoms. The van der Waals surface area contributed by atoms with E-state index in [4.69, 9.17) is 4.74 Å². The molecule has 0 atom stereocenters. The smallest absolute Gasteiger partial charge is 0.341 e. The standard InChI is InChI=1S/C25H30N4O3S2/c1-3-32-24(30)21-17-8-4-5-9-19(17)33-22(21)27-25(31)26-14-18-16-10-13-28(2)15-20(16)34-23(18)29-11-6-7-12-29/h6-7,11-12H,3-5,8-10,13-15H2,1-2H3,(H2,26,27,31). The maximum Gasteiger partial charge on any atom is 0.341 e. The quantitative estimate of drug-likeness (QED) is 0.471. The minimum absolute atomic E-state index is 0.296. The minimum Gasteiger partial charge on any atom is -0.462 e. The fourth-order valence-electron chi connectivity index (χ4n) is 4.83. The van der Waals surface area contributed by atoms with Gasteiger partial charge in [-0.1, -0.05) is 0 Å². The Morgan fingerprint density at radius 3 is 2.65 bits per heavy atom. The summed E-state index contributed by atoms with van der Waals surface area (Å²) in [6.07, 6.45) is 9.06. The van der Waals surface area contributed by atoms with E-state index in [1.165, 1.54) is 32.2 Å². The van der Waals surface area contributed by atoms with Gasteiger partial charge >= 0.3 is 12.0 Å². The number of hydrogen-bond acceptors (Lipinski definition) is 6. The molecule has 4 heterocycles. The van der Waals surface area contributed by atoms with Gasteiger partial charge in [0.15, 0.2) is 0 Å². The van der Waals surface area contributed by atoms with Crippen molar-refractivity contribution in [2.45, 2.75) is 52.1 Å². The lowest BCUT2D eigenvalue weighted by atomic mass is 9.95. The number of aromatic nitrogens is 1. The first kappa shape index (κ1) is 23.1. The van der Waals surface area contributed by atoms with Crippen molar-refractivity contribution < 1.29 is 14.3 Å². The van der Waals surface area contributed by atoms with Gasteiger partial charge in [-0.25, -0.2) is 9.59 Å². The zero-order valence-corrected chi connectivity index (χ0v) is 21.2. The molecule has 3 aromatic rings. The third kappa shape index (κ3) is 4.52. The van der Waals surface area contributed by atoms with E-state index >= 15 is 0 Å². The van der Waals surface area contributed by atoms with Crippen LogP contribution in [0.1, 0.15) is 56.6 Å². The third-order valence-corrected chi connectivity index (χ3v) is 8.96. The highest BCUT2D eigenvalue weighted by molar-refractivity contribution is 7.17. The number of likely N-dealkylation sites (N-methyl/N-ethyl adjacent to an activating group) is 1. The molecule has 5 rings (SSSR count). The summed E-state index contributed by atoms with van der Waals surface area (Å²) in [6.45, 7) is 4.50. The van der Waals surface area contributed by atoms with Crippen molar-refractivity contribution in [3.8, 4) is 5.00 Å². The highest BCUT2D eigenvalue weighted by Gasteiger charge is 2.28. The molecule has 0 saturated heterocycles. The highest BCUT2D eigenvalue weighted by Crippen LogP contribution is 2.39. The number of nitrogens with zero attached hydrogens (tertiary/aromatic N) is 2. The van der Waals surface area contributed by atoms with Gasteiger partial charge in [-0.2, -0.15) is 0 Å². The summed E-state index contributed by atoms with van der Waals surface area (Å²) in [7, 11) is 2.14. The van der Waals surface area contributed by atoms with Crippen LogP contribution in [0.15, 0.2) is 24.5 Å². The van der Waals surface area contributed by atoms with E-state index in [1.54, 1.807) is 18.3 Å². The maximum absolute atomic E-state index is 13.0. The number of esters is 1. The zero-order valence-electron chi connectivity index (χ0n) is 19.6. The number of carbonyl (C=O) groups excluding carboxylic acids is 2. The molecule has 34 heavy (non-hydrogen) atoms. The van der Waals surface area contributed by atoms with Gasteiger partial charge in [0.25, 0.3) is 0 Å². The van der Waals surface area contributed by atoms with Gasteiger partial charge in [0.05, 0.1) is 12.2 Å². The topological polar surface area (TPSA) is 75.6 Å². The molecular formula is C25H30N4O3S2. The number of hydrogen-bond donors (Lipinski definition) is 2. The Morgan fingerprint density at radius 1 is 1.06 bits per heavy atom. The molecule has 7 nitrogen and oxygen atoms in total. The molecule has 3 aromatic heterocycles. The molecule has 2 aliphatic rings. The lowest BCUT2D eigenvalue weighted by molar-refractivity contribution is 0.0526. The largest absolute Gasteiger partial charge is 0.462 e. The lowest BCUT2D eigenvalue weighted by Crippen LogP contribution is -2.30. The van der Waals surface area contributed by atoms with E-state index in [0.29, 0.717) is 23.7 Å². The number of rotatable bonds is 6. The van der Waals surface area contributed by atoms with Crippen molar-refractivity contribution in [1.82, 2.24) is 14.8 Å². The van der Waals surface area contributed by atoms with Crippen molar-refractivity contribution in [3.63, 3.8) is 0 Å². The van der Waals surface area contributed by atoms with E-state index in [0.717, 1.165) is 55.8 Å². The highest BCUT2D eigenvalue weighted by atomic mass is 32.1. The van der Waals surface area contributed by atoms with Crippen LogP contribution in [0.5, 0.6) is 0 Å². The Labute approximate surface area is 207 Å². The molecule has 1 aliphatic heterocycles. The first-order chi connectivity index (χ1) is 16.5. The second-order valence-corrected chi connectivity index (χ2v) is 11.0. The summed E-state index contributed by atoms with van der Waals surface area (Å²) in [5, 5.41) is 7.78. The van der Waals surface area contributed by atoms with Crippen LogP contribution in [0.25, 0.3) is 5.00 Å². The molecule has 0 bridgehead atoms. The molecule has 1 aliphatic carbocycles. The second kappa shape index (κ2) is 9.93. The Hall–Kier alpha value is -2.62. The van der Waals surface area contributed by atoms with Crippen molar-refractivity contribution in [2.75, 3.05) is 25.5 Å². The van der Waals surface area contributed by atoms with Crippen LogP contribution in [-0.4, -0.2) is 41.7 Å². The van der Waals surface area contributed by atoms with Crippen molar-refractivity contribution in [2.24, 2.45) is 0 Å². The fourth-order valence-corrected chi connectivity index (χ4v) is 7.52. The molecule has 180 valence electrons. The second-order valence-electron chi connectivity index (χ2n) is 8.81. The first-order valence-corrected chi connectivity index (χ1v) is 13.5. The average Bonchev–Trinajstić information content (AvgIpc) is 3.54. The number of amides is 2. The number of anilines is 1. The number of carbonyl (C=O) groups is 2. The summed E-state index contributed by atoms with van der Waals surface area (Å²) in [4.78, 5) is 30.6. The van der Waals surface area contributed by atoms with Crippen molar-refractivity contribution in [1.29, 1.82) is 0 Å². The summed E-state index contributed by atoms with van der Waals surface area (Å²) in [6, 6.07) is 3.74. The van der Waals surface area contributed by atoms with E-state index in [1.807, 2.05) is 24.5 Å². The van der Waals surface area contributed by atoms with Crippen LogP contribution in [-0.2, 0) is 37.1 Å². The van der Waals surface area contributed by atoms with Crippen LogP contribution in [0.3, 0.4) is 0 Å². The normalized spacial score (nSPS) is 15.5. The maximum atomic E-state index is 13.0. The molecule has 2 N–H and O–H groups in total. The van der Waals surface area contributed by atoms with Crippen LogP contribution < -0.4 is 10.6 Å². The molecule has 0 aromatic carbocycles. The summed E-state index contributed by atoms with van der Waals surface area (Å²) in [5.74, 6) is -0.344. The van der Waals surface area contributed by atoms with Crippen LogP contribution >= 0.6 is 22.7 Å². The number of urea groups is 1. The zero-order chi connectivity index (χ0) is 23.7. The third-order valence-electron chi connectivity index (χ3n) is 6.48. The number of ether oxygens (including phenoxy) is 1. The molecular weight excluding hydrogens is 468 g/mol. The minimum atomic E-state index is -0.344. The van der Waals surface area contributed by atoms with Gasteiger partial charge in [-0.3, -0.25) is 5.32 Å².